The van der Waals surface area contributed by atoms with Crippen LogP contribution < -0.4 is 10.6 Å². The molecule has 1 aromatic rings. The van der Waals surface area contributed by atoms with Crippen molar-refractivity contribution in [3.8, 4) is 5.75 Å². The highest BCUT2D eigenvalue weighted by atomic mass is 19.4. The number of phenols is 1. The van der Waals surface area contributed by atoms with Gasteiger partial charge in [0.25, 0.3) is 0 Å². The zero-order valence-electron chi connectivity index (χ0n) is 17.1. The molecule has 1 spiro atoms. The number of benzene rings is 1. The molecule has 2 aliphatic rings. The predicted octanol–water partition coefficient (Wildman–Crippen LogP) is 2.59. The highest BCUT2D eigenvalue weighted by Gasteiger charge is 2.42. The van der Waals surface area contributed by atoms with E-state index in [-0.39, 0.29) is 23.8 Å². The number of aryl methyl sites for hydroxylation is 1. The van der Waals surface area contributed by atoms with Crippen LogP contribution in [0.1, 0.15) is 49.5 Å². The quantitative estimate of drug-likeness (QED) is 0.559. The number of likely N-dealkylation sites (tertiary alicyclic amines) is 1. The van der Waals surface area contributed by atoms with Crippen LogP contribution in [0.25, 0.3) is 0 Å². The van der Waals surface area contributed by atoms with Gasteiger partial charge in [-0.2, -0.15) is 13.2 Å². The number of carbonyl (C=O) groups excluding carboxylic acids is 1. The topological polar surface area (TPSA) is 84.8 Å². The van der Waals surface area contributed by atoms with Gasteiger partial charge in [-0.05, 0) is 61.6 Å². The molecule has 0 bridgehead atoms. The van der Waals surface area contributed by atoms with E-state index >= 15 is 0 Å². The minimum absolute atomic E-state index is 0.111. The summed E-state index contributed by atoms with van der Waals surface area (Å²) in [6.45, 7) is 1.92. The van der Waals surface area contributed by atoms with Gasteiger partial charge in [0.1, 0.15) is 18.5 Å². The summed E-state index contributed by atoms with van der Waals surface area (Å²) in [5, 5.41) is 25.6. The number of nitrogens with one attached hydrogen (secondary N) is 2. The van der Waals surface area contributed by atoms with E-state index in [0.717, 1.165) is 50.8 Å². The van der Waals surface area contributed by atoms with Crippen molar-refractivity contribution >= 4 is 5.91 Å². The minimum atomic E-state index is -4.40. The molecular formula is C21H30F3N3O3. The number of amides is 1. The lowest BCUT2D eigenvalue weighted by Gasteiger charge is -2.38. The first-order valence-corrected chi connectivity index (χ1v) is 10.4. The molecule has 1 aromatic carbocycles. The average Bonchev–Trinajstić information content (AvgIpc) is 3.10. The number of aliphatic hydroxyl groups is 1. The van der Waals surface area contributed by atoms with Gasteiger partial charge in [-0.15, -0.1) is 0 Å². The first-order chi connectivity index (χ1) is 14.1. The number of carbonyl (C=O) groups is 1. The fraction of sp³-hybridized carbons (Fsp3) is 0.667. The van der Waals surface area contributed by atoms with Crippen LogP contribution in [0.3, 0.4) is 0 Å². The maximum Gasteiger partial charge on any atom is 0.405 e. The van der Waals surface area contributed by atoms with Gasteiger partial charge in [0, 0.05) is 19.1 Å². The fourth-order valence-electron chi connectivity index (χ4n) is 4.52. The van der Waals surface area contributed by atoms with Crippen LogP contribution in [0.2, 0.25) is 0 Å². The van der Waals surface area contributed by atoms with Crippen molar-refractivity contribution < 1.29 is 28.2 Å². The largest absolute Gasteiger partial charge is 0.508 e. The molecular weight excluding hydrogens is 399 g/mol. The lowest BCUT2D eigenvalue weighted by molar-refractivity contribution is -0.138. The summed E-state index contributed by atoms with van der Waals surface area (Å²) in [7, 11) is 0. The molecule has 1 aliphatic carbocycles. The number of rotatable bonds is 6. The summed E-state index contributed by atoms with van der Waals surface area (Å²) in [6, 6.07) is 5.34. The Kier molecular flexibility index (Phi) is 6.94. The van der Waals surface area contributed by atoms with Crippen LogP contribution in [0, 0.1) is 12.3 Å². The fourth-order valence-corrected chi connectivity index (χ4v) is 4.52. The van der Waals surface area contributed by atoms with Gasteiger partial charge in [-0.3, -0.25) is 9.69 Å². The SMILES string of the molecule is Cc1ccc(C(O)N2CC[C@]3(CC[C@H](NCC(=O)NCC(F)(F)F)CC3)C2)cc1O. The van der Waals surface area contributed by atoms with E-state index in [4.69, 9.17) is 0 Å². The van der Waals surface area contributed by atoms with Crippen molar-refractivity contribution in [1.82, 2.24) is 15.5 Å². The summed E-state index contributed by atoms with van der Waals surface area (Å²) >= 11 is 0. The van der Waals surface area contributed by atoms with Crippen LogP contribution in [0.4, 0.5) is 13.2 Å². The van der Waals surface area contributed by atoms with Crippen molar-refractivity contribution in [2.24, 2.45) is 5.41 Å². The number of aliphatic hydroxyl groups excluding tert-OH is 1. The third-order valence-corrected chi connectivity index (χ3v) is 6.43. The lowest BCUT2D eigenvalue weighted by Crippen LogP contribution is -2.44. The monoisotopic (exact) mass is 429 g/mol. The highest BCUT2D eigenvalue weighted by molar-refractivity contribution is 5.78. The summed E-state index contributed by atoms with van der Waals surface area (Å²) in [5.41, 5.74) is 1.56. The zero-order valence-corrected chi connectivity index (χ0v) is 17.1. The molecule has 6 nitrogen and oxygen atoms in total. The van der Waals surface area contributed by atoms with Crippen LogP contribution >= 0.6 is 0 Å². The maximum absolute atomic E-state index is 12.1. The Bertz CT molecular complexity index is 749. The van der Waals surface area contributed by atoms with Gasteiger partial charge in [-0.25, -0.2) is 0 Å². The normalized spacial score (nSPS) is 26.1. The number of phenolic OH excluding ortho intramolecular Hbond substituents is 1. The standard InChI is InChI=1S/C21H30F3N3O3/c1-14-2-3-15(10-17(14)28)19(30)27-9-8-20(13-27)6-4-16(5-7-20)25-11-18(29)26-12-21(22,23)24/h2-3,10,16,19,25,28,30H,4-9,11-13H2,1H3,(H,26,29)/t16-,19?,20+. The summed E-state index contributed by atoms with van der Waals surface area (Å²) in [6.07, 6.45) is -0.606. The van der Waals surface area contributed by atoms with Crippen LogP contribution in [0.15, 0.2) is 18.2 Å². The van der Waals surface area contributed by atoms with Crippen molar-refractivity contribution in [1.29, 1.82) is 0 Å². The third-order valence-electron chi connectivity index (χ3n) is 6.43. The molecule has 1 unspecified atom stereocenters. The molecule has 9 heteroatoms. The molecule has 1 saturated carbocycles. The molecule has 1 amide bonds. The summed E-state index contributed by atoms with van der Waals surface area (Å²) in [5.74, 6) is -0.476. The van der Waals surface area contributed by atoms with Crippen molar-refractivity contribution in [3.05, 3.63) is 29.3 Å². The third kappa shape index (κ3) is 5.86. The Morgan fingerprint density at radius 2 is 2.00 bits per heavy atom. The van der Waals surface area contributed by atoms with E-state index in [1.807, 2.05) is 23.2 Å². The van der Waals surface area contributed by atoms with Gasteiger partial charge in [-0.1, -0.05) is 12.1 Å². The number of aromatic hydroxyl groups is 1. The second kappa shape index (κ2) is 9.11. The van der Waals surface area contributed by atoms with Gasteiger partial charge >= 0.3 is 6.18 Å². The molecule has 30 heavy (non-hydrogen) atoms. The Hall–Kier alpha value is -1.84. The first-order valence-electron chi connectivity index (χ1n) is 10.4. The number of halogens is 3. The Morgan fingerprint density at radius 1 is 1.30 bits per heavy atom. The lowest BCUT2D eigenvalue weighted by atomic mass is 9.72. The smallest absolute Gasteiger partial charge is 0.405 e. The Morgan fingerprint density at radius 3 is 2.63 bits per heavy atom. The molecule has 4 N–H and O–H groups in total. The second-order valence-corrected chi connectivity index (χ2v) is 8.69. The van der Waals surface area contributed by atoms with Gasteiger partial charge in [0.05, 0.1) is 6.54 Å². The van der Waals surface area contributed by atoms with Crippen LogP contribution in [-0.2, 0) is 4.79 Å². The molecule has 1 saturated heterocycles. The average molecular weight is 429 g/mol. The van der Waals surface area contributed by atoms with Gasteiger partial charge in [0.2, 0.25) is 5.91 Å². The highest BCUT2D eigenvalue weighted by Crippen LogP contribution is 2.45. The van der Waals surface area contributed by atoms with Crippen molar-refractivity contribution in [2.45, 2.75) is 57.5 Å². The van der Waals surface area contributed by atoms with E-state index in [1.165, 1.54) is 0 Å². The maximum atomic E-state index is 12.1. The van der Waals surface area contributed by atoms with E-state index in [2.05, 4.69) is 5.32 Å². The van der Waals surface area contributed by atoms with E-state index in [0.29, 0.717) is 5.56 Å². The molecule has 2 fully saturated rings. The van der Waals surface area contributed by atoms with E-state index in [1.54, 1.807) is 12.1 Å². The minimum Gasteiger partial charge on any atom is -0.508 e. The number of nitrogens with zero attached hydrogens (tertiary/aromatic N) is 1. The number of alkyl halides is 3. The molecule has 1 heterocycles. The predicted molar refractivity (Wildman–Crippen MR) is 106 cm³/mol. The van der Waals surface area contributed by atoms with Crippen LogP contribution in [0.5, 0.6) is 5.75 Å². The Labute approximate surface area is 174 Å². The van der Waals surface area contributed by atoms with E-state index in [9.17, 15) is 28.2 Å². The van der Waals surface area contributed by atoms with Gasteiger partial charge in [0.15, 0.2) is 0 Å². The summed E-state index contributed by atoms with van der Waals surface area (Å²) < 4.78 is 36.4. The van der Waals surface area contributed by atoms with E-state index < -0.39 is 24.9 Å². The van der Waals surface area contributed by atoms with Gasteiger partial charge < -0.3 is 20.8 Å². The molecule has 3 rings (SSSR count). The molecule has 1 atom stereocenters. The Balaban J connectivity index is 1.44. The molecule has 1 aliphatic heterocycles. The van der Waals surface area contributed by atoms with Crippen molar-refractivity contribution in [3.63, 3.8) is 0 Å². The van der Waals surface area contributed by atoms with Crippen molar-refractivity contribution in [2.75, 3.05) is 26.2 Å². The van der Waals surface area contributed by atoms with Crippen LogP contribution in [-0.4, -0.2) is 59.4 Å². The number of hydrogen-bond acceptors (Lipinski definition) is 5. The zero-order chi connectivity index (χ0) is 21.9. The second-order valence-electron chi connectivity index (χ2n) is 8.69. The summed E-state index contributed by atoms with van der Waals surface area (Å²) in [4.78, 5) is 13.6. The molecule has 0 radical (unpaired) electrons. The first kappa shape index (κ1) is 22.8. The number of hydrogen-bond donors (Lipinski definition) is 4. The molecule has 0 aromatic heterocycles. The molecule has 168 valence electrons.